The first-order valence-electron chi connectivity index (χ1n) is 12.5. The van der Waals surface area contributed by atoms with Crippen molar-refractivity contribution in [3.05, 3.63) is 140 Å². The van der Waals surface area contributed by atoms with Crippen LogP contribution < -0.4 is 9.64 Å². The van der Waals surface area contributed by atoms with Gasteiger partial charge in [0.15, 0.2) is 11.4 Å². The van der Waals surface area contributed by atoms with E-state index in [1.807, 2.05) is 109 Å². The monoisotopic (exact) mass is 493 g/mol. The molecule has 0 aliphatic heterocycles. The molecule has 182 valence electrons. The van der Waals surface area contributed by atoms with E-state index in [1.165, 1.54) is 0 Å². The summed E-state index contributed by atoms with van der Waals surface area (Å²) >= 11 is 0. The van der Waals surface area contributed by atoms with E-state index in [9.17, 15) is 0 Å². The van der Waals surface area contributed by atoms with Crippen LogP contribution in [-0.2, 0) is 0 Å². The number of imidazole rings is 1. The molecule has 0 bridgehead atoms. The van der Waals surface area contributed by atoms with E-state index in [1.54, 1.807) is 0 Å². The number of hydrogen-bond acceptors (Lipinski definition) is 4. The summed E-state index contributed by atoms with van der Waals surface area (Å²) in [6.45, 7) is 0. The third-order valence-electron chi connectivity index (χ3n) is 6.48. The largest absolute Gasteiger partial charge is 0.457 e. The lowest BCUT2D eigenvalue weighted by Gasteiger charge is -2.25. The minimum Gasteiger partial charge on any atom is -0.457 e. The van der Waals surface area contributed by atoms with Crippen molar-refractivity contribution in [3.8, 4) is 22.8 Å². The van der Waals surface area contributed by atoms with Crippen LogP contribution in [0.15, 0.2) is 144 Å². The summed E-state index contributed by atoms with van der Waals surface area (Å²) in [6.07, 6.45) is 0. The predicted molar refractivity (Wildman–Crippen MR) is 152 cm³/mol. The maximum Gasteiger partial charge on any atom is 0.309 e. The number of ether oxygens (including phenoxy) is 1. The lowest BCUT2D eigenvalue weighted by Crippen LogP contribution is -2.13. The normalized spacial score (nSPS) is 11.2. The average molecular weight is 494 g/mol. The van der Waals surface area contributed by atoms with E-state index in [0.717, 1.165) is 51.0 Å². The predicted octanol–water partition coefficient (Wildman–Crippen LogP) is 9.01. The lowest BCUT2D eigenvalue weighted by molar-refractivity contribution is 0.483. The minimum absolute atomic E-state index is 0.540. The molecule has 7 rings (SSSR count). The highest BCUT2D eigenvalue weighted by atomic mass is 16.5. The van der Waals surface area contributed by atoms with E-state index in [0.29, 0.717) is 5.84 Å². The molecular weight excluding hydrogens is 470 g/mol. The second-order valence-corrected chi connectivity index (χ2v) is 8.92. The molecule has 0 unspecified atom stereocenters. The number of fused-ring (bicyclic) bond motifs is 3. The number of oxazole rings is 1. The molecule has 0 atom stereocenters. The van der Waals surface area contributed by atoms with Crippen LogP contribution in [0.3, 0.4) is 0 Å². The highest BCUT2D eigenvalue weighted by molar-refractivity contribution is 5.90. The second kappa shape index (κ2) is 9.30. The van der Waals surface area contributed by atoms with Gasteiger partial charge >= 0.3 is 5.84 Å². The highest BCUT2D eigenvalue weighted by Gasteiger charge is 2.26. The summed E-state index contributed by atoms with van der Waals surface area (Å²) in [4.78, 5) is 7.25. The Morgan fingerprint density at radius 1 is 0.579 bits per heavy atom. The molecule has 0 saturated carbocycles. The Bertz CT molecular complexity index is 1780. The third kappa shape index (κ3) is 3.87. The SMILES string of the molecule is c1ccc(Oc2ccc(-c3nc4oc5ccccc5n4c3N(c3ccccc3)c3ccccc3)cc2)cc1. The fourth-order valence-electron chi connectivity index (χ4n) is 4.76. The quantitative estimate of drug-likeness (QED) is 0.232. The Morgan fingerprint density at radius 3 is 1.79 bits per heavy atom. The molecule has 0 N–H and O–H groups in total. The van der Waals surface area contributed by atoms with Gasteiger partial charge in [-0.15, -0.1) is 0 Å². The molecule has 7 aromatic rings. The van der Waals surface area contributed by atoms with Gasteiger partial charge in [-0.05, 0) is 72.8 Å². The van der Waals surface area contributed by atoms with E-state index >= 15 is 0 Å². The summed E-state index contributed by atoms with van der Waals surface area (Å²) in [5.41, 5.74) is 5.56. The van der Waals surface area contributed by atoms with E-state index in [4.69, 9.17) is 14.1 Å². The summed E-state index contributed by atoms with van der Waals surface area (Å²) in [5.74, 6) is 3.00. The van der Waals surface area contributed by atoms with Crippen molar-refractivity contribution in [2.24, 2.45) is 0 Å². The first kappa shape index (κ1) is 21.9. The van der Waals surface area contributed by atoms with Crippen LogP contribution in [0, 0.1) is 0 Å². The van der Waals surface area contributed by atoms with Crippen molar-refractivity contribution < 1.29 is 9.15 Å². The average Bonchev–Trinajstić information content (AvgIpc) is 3.52. The van der Waals surface area contributed by atoms with Gasteiger partial charge in [-0.1, -0.05) is 66.7 Å². The van der Waals surface area contributed by atoms with Crippen molar-refractivity contribution in [2.45, 2.75) is 0 Å². The molecule has 5 aromatic carbocycles. The number of para-hydroxylation sites is 5. The summed E-state index contributed by atoms with van der Waals surface area (Å²) in [6, 6.07) is 46.5. The van der Waals surface area contributed by atoms with Gasteiger partial charge in [-0.25, -0.2) is 4.40 Å². The first-order chi connectivity index (χ1) is 18.8. The van der Waals surface area contributed by atoms with E-state index in [-0.39, 0.29) is 0 Å². The highest BCUT2D eigenvalue weighted by Crippen LogP contribution is 2.43. The van der Waals surface area contributed by atoms with Crippen LogP contribution in [0.5, 0.6) is 11.5 Å². The Kier molecular flexibility index (Phi) is 5.37. The maximum absolute atomic E-state index is 6.22. The second-order valence-electron chi connectivity index (χ2n) is 8.92. The molecule has 0 fully saturated rings. The van der Waals surface area contributed by atoms with Gasteiger partial charge in [-0.3, -0.25) is 4.90 Å². The van der Waals surface area contributed by atoms with Crippen LogP contribution >= 0.6 is 0 Å². The van der Waals surface area contributed by atoms with Crippen molar-refractivity contribution in [1.82, 2.24) is 9.38 Å². The Morgan fingerprint density at radius 2 is 1.13 bits per heavy atom. The fourth-order valence-corrected chi connectivity index (χ4v) is 4.76. The van der Waals surface area contributed by atoms with Crippen molar-refractivity contribution in [2.75, 3.05) is 4.90 Å². The summed E-state index contributed by atoms with van der Waals surface area (Å²) in [7, 11) is 0. The van der Waals surface area contributed by atoms with Crippen molar-refractivity contribution in [3.63, 3.8) is 0 Å². The Balaban J connectivity index is 1.44. The number of benzene rings is 5. The molecule has 0 aliphatic carbocycles. The van der Waals surface area contributed by atoms with E-state index < -0.39 is 0 Å². The Labute approximate surface area is 219 Å². The van der Waals surface area contributed by atoms with Crippen LogP contribution in [-0.4, -0.2) is 9.38 Å². The van der Waals surface area contributed by atoms with Gasteiger partial charge < -0.3 is 9.15 Å². The van der Waals surface area contributed by atoms with Gasteiger partial charge in [0.05, 0.1) is 5.52 Å². The molecule has 2 aromatic heterocycles. The summed E-state index contributed by atoms with van der Waals surface area (Å²) < 4.78 is 14.3. The zero-order valence-corrected chi connectivity index (χ0v) is 20.4. The first-order valence-corrected chi connectivity index (χ1v) is 12.5. The third-order valence-corrected chi connectivity index (χ3v) is 6.48. The van der Waals surface area contributed by atoms with Crippen molar-refractivity contribution in [1.29, 1.82) is 0 Å². The number of hydrogen-bond donors (Lipinski definition) is 0. The van der Waals surface area contributed by atoms with Crippen LogP contribution in [0.2, 0.25) is 0 Å². The van der Waals surface area contributed by atoms with Crippen molar-refractivity contribution >= 4 is 34.1 Å². The molecule has 5 heteroatoms. The van der Waals surface area contributed by atoms with Gasteiger partial charge in [0.1, 0.15) is 17.2 Å². The topological polar surface area (TPSA) is 42.9 Å². The van der Waals surface area contributed by atoms with Gasteiger partial charge in [0.25, 0.3) is 0 Å². The lowest BCUT2D eigenvalue weighted by atomic mass is 10.1. The van der Waals surface area contributed by atoms with E-state index in [2.05, 4.69) is 39.6 Å². The van der Waals surface area contributed by atoms with Gasteiger partial charge in [0, 0.05) is 16.9 Å². The number of anilines is 3. The minimum atomic E-state index is 0.540. The molecule has 2 heterocycles. The Hall–Kier alpha value is -5.29. The molecule has 0 radical (unpaired) electrons. The van der Waals surface area contributed by atoms with Gasteiger partial charge in [-0.2, -0.15) is 4.98 Å². The molecule has 5 nitrogen and oxygen atoms in total. The molecule has 0 aliphatic rings. The zero-order chi connectivity index (χ0) is 25.3. The molecule has 0 spiro atoms. The molecule has 0 amide bonds. The molecule has 38 heavy (non-hydrogen) atoms. The molecule has 0 saturated heterocycles. The van der Waals surface area contributed by atoms with Gasteiger partial charge in [0.2, 0.25) is 0 Å². The standard InChI is InChI=1S/C33H23N3O2/c1-4-12-25(13-5-1)35(26-14-6-2-7-15-26)32-31(34-33-36(32)29-18-10-11-19-30(29)38-33)24-20-22-28(23-21-24)37-27-16-8-3-9-17-27/h1-23H. The summed E-state index contributed by atoms with van der Waals surface area (Å²) in [5, 5.41) is 0. The fraction of sp³-hybridized carbons (Fsp3) is 0. The number of nitrogens with zero attached hydrogens (tertiary/aromatic N) is 3. The number of rotatable bonds is 6. The molecular formula is C33H23N3O2. The van der Waals surface area contributed by atoms with Crippen LogP contribution in [0.4, 0.5) is 17.2 Å². The smallest absolute Gasteiger partial charge is 0.309 e. The maximum atomic E-state index is 6.22. The van der Waals surface area contributed by atoms with Crippen LogP contribution in [0.1, 0.15) is 0 Å². The zero-order valence-electron chi connectivity index (χ0n) is 20.4. The number of aromatic nitrogens is 2. The van der Waals surface area contributed by atoms with Crippen LogP contribution in [0.25, 0.3) is 28.2 Å².